The quantitative estimate of drug-likeness (QED) is 0.481. The van der Waals surface area contributed by atoms with Crippen LogP contribution in [0, 0.1) is 0 Å². The lowest BCUT2D eigenvalue weighted by molar-refractivity contribution is -0.145. The van der Waals surface area contributed by atoms with Gasteiger partial charge >= 0.3 is 18.0 Å². The largest absolute Gasteiger partial charge is 0.451 e. The van der Waals surface area contributed by atoms with Gasteiger partial charge < -0.3 is 9.47 Å². The van der Waals surface area contributed by atoms with E-state index >= 15 is 0 Å². The first kappa shape index (κ1) is 13.7. The summed E-state index contributed by atoms with van der Waals surface area (Å²) in [6.07, 6.45) is -0.864. The molecule has 1 aromatic carbocycles. The SMILES string of the molecule is COC(=O)NOCC(=O)OC(=O)c1ccccc1. The molecular formula is C11H11NO6. The Kier molecular flexibility index (Phi) is 5.33. The number of carbonyl (C=O) groups is 3. The zero-order chi connectivity index (χ0) is 13.4. The van der Waals surface area contributed by atoms with Crippen LogP contribution in [-0.2, 0) is 19.1 Å². The summed E-state index contributed by atoms with van der Waals surface area (Å²) >= 11 is 0. The van der Waals surface area contributed by atoms with Crippen LogP contribution >= 0.6 is 0 Å². The first-order chi connectivity index (χ1) is 8.63. The normalized spacial score (nSPS) is 9.39. The van der Waals surface area contributed by atoms with Crippen molar-refractivity contribution in [2.24, 2.45) is 0 Å². The summed E-state index contributed by atoms with van der Waals surface area (Å²) in [6, 6.07) is 8.00. The number of ether oxygens (including phenoxy) is 2. The highest BCUT2D eigenvalue weighted by atomic mass is 16.7. The van der Waals surface area contributed by atoms with E-state index in [-0.39, 0.29) is 5.56 Å². The molecule has 0 saturated carbocycles. The standard InChI is InChI=1S/C11H11NO6/c1-16-11(15)12-17-7-9(13)18-10(14)8-5-3-2-4-6-8/h2-6H,7H2,1H3,(H,12,15). The summed E-state index contributed by atoms with van der Waals surface area (Å²) in [5, 5.41) is 0. The van der Waals surface area contributed by atoms with Crippen LogP contribution in [0.15, 0.2) is 30.3 Å². The molecule has 0 atom stereocenters. The van der Waals surface area contributed by atoms with E-state index in [1.165, 1.54) is 12.1 Å². The minimum absolute atomic E-state index is 0.242. The number of amides is 1. The Labute approximate surface area is 103 Å². The summed E-state index contributed by atoms with van der Waals surface area (Å²) in [4.78, 5) is 37.5. The molecule has 0 radical (unpaired) electrons. The van der Waals surface area contributed by atoms with Gasteiger partial charge in [-0.25, -0.2) is 14.4 Å². The summed E-state index contributed by atoms with van der Waals surface area (Å²) in [6.45, 7) is -0.603. The molecule has 96 valence electrons. The topological polar surface area (TPSA) is 90.9 Å². The molecule has 1 aromatic rings. The Morgan fingerprint density at radius 2 is 1.83 bits per heavy atom. The van der Waals surface area contributed by atoms with Crippen molar-refractivity contribution in [1.82, 2.24) is 5.48 Å². The zero-order valence-electron chi connectivity index (χ0n) is 9.54. The van der Waals surface area contributed by atoms with Gasteiger partial charge in [0.05, 0.1) is 12.7 Å². The number of hydroxylamine groups is 1. The van der Waals surface area contributed by atoms with Crippen LogP contribution in [0.3, 0.4) is 0 Å². The van der Waals surface area contributed by atoms with Crippen LogP contribution in [0.25, 0.3) is 0 Å². The maximum atomic E-state index is 11.4. The number of rotatable bonds is 4. The van der Waals surface area contributed by atoms with Gasteiger partial charge in [-0.15, -0.1) is 0 Å². The third kappa shape index (κ3) is 4.62. The van der Waals surface area contributed by atoms with Crippen LogP contribution in [0.2, 0.25) is 0 Å². The number of benzene rings is 1. The number of hydrogen-bond acceptors (Lipinski definition) is 6. The molecule has 0 bridgehead atoms. The van der Waals surface area contributed by atoms with Crippen molar-refractivity contribution in [3.8, 4) is 0 Å². The van der Waals surface area contributed by atoms with Gasteiger partial charge in [0, 0.05) is 0 Å². The highest BCUT2D eigenvalue weighted by Crippen LogP contribution is 2.01. The number of esters is 2. The fraction of sp³-hybridized carbons (Fsp3) is 0.182. The summed E-state index contributed by atoms with van der Waals surface area (Å²) in [5.41, 5.74) is 2.05. The van der Waals surface area contributed by atoms with Crippen LogP contribution < -0.4 is 5.48 Å². The molecule has 0 heterocycles. The molecule has 0 spiro atoms. The van der Waals surface area contributed by atoms with Gasteiger partial charge in [-0.05, 0) is 12.1 Å². The van der Waals surface area contributed by atoms with Gasteiger partial charge in [0.15, 0.2) is 6.61 Å². The maximum Gasteiger partial charge on any atom is 0.431 e. The number of methoxy groups -OCH3 is 1. The van der Waals surface area contributed by atoms with Gasteiger partial charge in [0.2, 0.25) is 0 Å². The van der Waals surface area contributed by atoms with Crippen LogP contribution in [0.5, 0.6) is 0 Å². The van der Waals surface area contributed by atoms with Gasteiger partial charge in [-0.1, -0.05) is 18.2 Å². The second-order valence-electron chi connectivity index (χ2n) is 3.01. The monoisotopic (exact) mass is 253 g/mol. The Hall–Kier alpha value is -2.41. The van der Waals surface area contributed by atoms with E-state index in [1.807, 2.05) is 0 Å². The molecule has 1 N–H and O–H groups in total. The molecule has 0 aliphatic heterocycles. The maximum absolute atomic E-state index is 11.4. The average Bonchev–Trinajstić information content (AvgIpc) is 2.39. The van der Waals surface area contributed by atoms with Crippen molar-refractivity contribution in [1.29, 1.82) is 0 Å². The highest BCUT2D eigenvalue weighted by molar-refractivity contribution is 5.97. The summed E-state index contributed by atoms with van der Waals surface area (Å²) < 4.78 is 8.65. The van der Waals surface area contributed by atoms with E-state index < -0.39 is 24.6 Å². The predicted octanol–water partition coefficient (Wildman–Crippen LogP) is 0.658. The van der Waals surface area contributed by atoms with Crippen LogP contribution in [-0.4, -0.2) is 31.7 Å². The Morgan fingerprint density at radius 3 is 2.44 bits per heavy atom. The lowest BCUT2D eigenvalue weighted by Gasteiger charge is -2.04. The van der Waals surface area contributed by atoms with Crippen molar-refractivity contribution in [3.63, 3.8) is 0 Å². The number of hydrogen-bond donors (Lipinski definition) is 1. The molecule has 0 aliphatic carbocycles. The van der Waals surface area contributed by atoms with E-state index in [1.54, 1.807) is 23.7 Å². The Balaban J connectivity index is 2.32. The highest BCUT2D eigenvalue weighted by Gasteiger charge is 2.13. The third-order valence-corrected chi connectivity index (χ3v) is 1.75. The lowest BCUT2D eigenvalue weighted by atomic mass is 10.2. The minimum atomic E-state index is -0.930. The van der Waals surface area contributed by atoms with Crippen molar-refractivity contribution in [2.45, 2.75) is 0 Å². The Bertz CT molecular complexity index is 430. The van der Waals surface area contributed by atoms with E-state index in [2.05, 4.69) is 14.3 Å². The van der Waals surface area contributed by atoms with Gasteiger partial charge in [-0.3, -0.25) is 4.84 Å². The first-order valence-corrected chi connectivity index (χ1v) is 4.89. The molecular weight excluding hydrogens is 242 g/mol. The smallest absolute Gasteiger partial charge is 0.431 e. The fourth-order valence-electron chi connectivity index (χ4n) is 0.962. The molecule has 7 nitrogen and oxygen atoms in total. The van der Waals surface area contributed by atoms with E-state index in [0.29, 0.717) is 0 Å². The van der Waals surface area contributed by atoms with Crippen LogP contribution in [0.4, 0.5) is 4.79 Å². The summed E-state index contributed by atoms with van der Waals surface area (Å²) in [7, 11) is 1.13. The molecule has 0 aliphatic rings. The Morgan fingerprint density at radius 1 is 1.17 bits per heavy atom. The molecule has 18 heavy (non-hydrogen) atoms. The molecule has 1 rings (SSSR count). The molecule has 7 heteroatoms. The van der Waals surface area contributed by atoms with Crippen molar-refractivity contribution >= 4 is 18.0 Å². The van der Waals surface area contributed by atoms with Crippen molar-refractivity contribution < 1.29 is 28.7 Å². The molecule has 0 aromatic heterocycles. The average molecular weight is 253 g/mol. The van der Waals surface area contributed by atoms with Crippen LogP contribution in [0.1, 0.15) is 10.4 Å². The zero-order valence-corrected chi connectivity index (χ0v) is 9.54. The van der Waals surface area contributed by atoms with Gasteiger partial charge in [0.25, 0.3) is 0 Å². The second-order valence-corrected chi connectivity index (χ2v) is 3.01. The number of nitrogens with one attached hydrogen (secondary N) is 1. The summed E-state index contributed by atoms with van der Waals surface area (Å²) in [5.74, 6) is -1.72. The van der Waals surface area contributed by atoms with E-state index in [0.717, 1.165) is 7.11 Å². The molecule has 1 amide bonds. The molecule has 0 unspecified atom stereocenters. The van der Waals surface area contributed by atoms with Gasteiger partial charge in [0.1, 0.15) is 0 Å². The molecule has 0 fully saturated rings. The predicted molar refractivity (Wildman–Crippen MR) is 58.4 cm³/mol. The number of carbonyl (C=O) groups excluding carboxylic acids is 3. The van der Waals surface area contributed by atoms with Crippen molar-refractivity contribution in [2.75, 3.05) is 13.7 Å². The third-order valence-electron chi connectivity index (χ3n) is 1.75. The molecule has 0 saturated heterocycles. The lowest BCUT2D eigenvalue weighted by Crippen LogP contribution is -2.28. The van der Waals surface area contributed by atoms with E-state index in [4.69, 9.17) is 0 Å². The fourth-order valence-corrected chi connectivity index (χ4v) is 0.962. The van der Waals surface area contributed by atoms with E-state index in [9.17, 15) is 14.4 Å². The van der Waals surface area contributed by atoms with Crippen molar-refractivity contribution in [3.05, 3.63) is 35.9 Å². The second kappa shape index (κ2) is 7.02. The van der Waals surface area contributed by atoms with Gasteiger partial charge in [-0.2, -0.15) is 5.48 Å². The minimum Gasteiger partial charge on any atom is -0.451 e. The first-order valence-electron chi connectivity index (χ1n) is 4.89.